The van der Waals surface area contributed by atoms with Crippen LogP contribution < -0.4 is 5.32 Å². The number of imidazole rings is 1. The first-order chi connectivity index (χ1) is 10.0. The molecule has 0 fully saturated rings. The van der Waals surface area contributed by atoms with E-state index in [2.05, 4.69) is 10.3 Å². The first-order valence-corrected chi connectivity index (χ1v) is 6.28. The van der Waals surface area contributed by atoms with Crippen molar-refractivity contribution in [2.75, 3.05) is 5.32 Å². The molecule has 0 aliphatic rings. The van der Waals surface area contributed by atoms with E-state index in [0.717, 1.165) is 5.56 Å². The Balaban J connectivity index is 1.89. The van der Waals surface area contributed by atoms with Gasteiger partial charge in [0.25, 0.3) is 5.91 Å². The van der Waals surface area contributed by atoms with Crippen LogP contribution in [0.5, 0.6) is 5.75 Å². The third kappa shape index (κ3) is 2.55. The number of aromatic nitrogens is 2. The molecule has 106 valence electrons. The van der Waals surface area contributed by atoms with Gasteiger partial charge in [-0.05, 0) is 36.8 Å². The molecule has 0 atom stereocenters. The zero-order valence-corrected chi connectivity index (χ0v) is 11.2. The number of hydrogen-bond acceptors (Lipinski definition) is 3. The molecule has 0 bridgehead atoms. The number of aryl methyl sites for hydroxylation is 1. The van der Waals surface area contributed by atoms with Crippen molar-refractivity contribution in [1.82, 2.24) is 9.38 Å². The Kier molecular flexibility index (Phi) is 3.06. The Morgan fingerprint density at radius 3 is 2.86 bits per heavy atom. The Hall–Kier alpha value is -2.89. The first-order valence-electron chi connectivity index (χ1n) is 6.28. The van der Waals surface area contributed by atoms with Gasteiger partial charge in [-0.3, -0.25) is 4.79 Å². The topological polar surface area (TPSA) is 66.6 Å². The molecule has 2 N–H and O–H groups in total. The number of amides is 1. The van der Waals surface area contributed by atoms with E-state index in [9.17, 15) is 14.3 Å². The normalized spacial score (nSPS) is 10.8. The molecule has 2 aromatic heterocycles. The van der Waals surface area contributed by atoms with E-state index in [1.807, 2.05) is 6.92 Å². The number of anilines is 1. The van der Waals surface area contributed by atoms with Crippen LogP contribution in [0.4, 0.5) is 10.1 Å². The van der Waals surface area contributed by atoms with Crippen LogP contribution in [0, 0.1) is 12.7 Å². The average molecular weight is 285 g/mol. The second kappa shape index (κ2) is 4.90. The Morgan fingerprint density at radius 2 is 2.10 bits per heavy atom. The van der Waals surface area contributed by atoms with Gasteiger partial charge in [-0.15, -0.1) is 0 Å². The van der Waals surface area contributed by atoms with Crippen LogP contribution in [0.25, 0.3) is 5.65 Å². The number of aromatic hydroxyl groups is 1. The molecule has 1 amide bonds. The summed E-state index contributed by atoms with van der Waals surface area (Å²) in [6, 6.07) is 7.69. The predicted octanol–water partition coefficient (Wildman–Crippen LogP) is 2.74. The molecular weight excluding hydrogens is 273 g/mol. The van der Waals surface area contributed by atoms with Gasteiger partial charge < -0.3 is 14.8 Å². The summed E-state index contributed by atoms with van der Waals surface area (Å²) in [7, 11) is 0. The van der Waals surface area contributed by atoms with E-state index in [1.54, 1.807) is 18.2 Å². The van der Waals surface area contributed by atoms with E-state index < -0.39 is 11.7 Å². The van der Waals surface area contributed by atoms with Gasteiger partial charge in [0, 0.05) is 12.4 Å². The maximum absolute atomic E-state index is 13.1. The minimum Gasteiger partial charge on any atom is -0.506 e. The molecule has 2 heterocycles. The monoisotopic (exact) mass is 285 g/mol. The molecule has 0 saturated heterocycles. The number of phenolic OH excluding ortho intramolecular Hbond substituents is 1. The number of fused-ring (bicyclic) bond motifs is 1. The fourth-order valence-electron chi connectivity index (χ4n) is 2.01. The highest BCUT2D eigenvalue weighted by Crippen LogP contribution is 2.24. The van der Waals surface area contributed by atoms with Gasteiger partial charge in [0.15, 0.2) is 0 Å². The standard InChI is InChI=1S/C15H12FN3O2/c1-9-2-4-11(13(20)6-9)18-15(21)12-8-19-7-10(16)3-5-14(19)17-12/h2-8,20H,1H3,(H,18,21). The second-order valence-electron chi connectivity index (χ2n) is 4.71. The van der Waals surface area contributed by atoms with Gasteiger partial charge in [0.2, 0.25) is 0 Å². The molecule has 5 nitrogen and oxygen atoms in total. The summed E-state index contributed by atoms with van der Waals surface area (Å²) in [4.78, 5) is 16.2. The van der Waals surface area contributed by atoms with Crippen LogP contribution in [0.15, 0.2) is 42.7 Å². The third-order valence-corrected chi connectivity index (χ3v) is 3.05. The minimum atomic E-state index is -0.474. The lowest BCUT2D eigenvalue weighted by atomic mass is 10.2. The van der Waals surface area contributed by atoms with Gasteiger partial charge in [0.05, 0.1) is 5.69 Å². The molecular formula is C15H12FN3O2. The van der Waals surface area contributed by atoms with E-state index in [4.69, 9.17) is 0 Å². The number of halogens is 1. The van der Waals surface area contributed by atoms with Crippen molar-refractivity contribution in [3.63, 3.8) is 0 Å². The fraction of sp³-hybridized carbons (Fsp3) is 0.0667. The van der Waals surface area contributed by atoms with Gasteiger partial charge in [-0.2, -0.15) is 0 Å². The van der Waals surface area contributed by atoms with Crippen molar-refractivity contribution < 1.29 is 14.3 Å². The molecule has 3 aromatic rings. The highest BCUT2D eigenvalue weighted by atomic mass is 19.1. The van der Waals surface area contributed by atoms with Crippen LogP contribution >= 0.6 is 0 Å². The van der Waals surface area contributed by atoms with Crippen LogP contribution in [0.2, 0.25) is 0 Å². The van der Waals surface area contributed by atoms with Crippen LogP contribution in [0.1, 0.15) is 16.1 Å². The number of rotatable bonds is 2. The van der Waals surface area contributed by atoms with Crippen molar-refractivity contribution in [2.24, 2.45) is 0 Å². The number of hydrogen-bond donors (Lipinski definition) is 2. The Bertz CT molecular complexity index is 842. The summed E-state index contributed by atoms with van der Waals surface area (Å²) >= 11 is 0. The number of nitrogens with zero attached hydrogens (tertiary/aromatic N) is 2. The first kappa shape index (κ1) is 13.1. The van der Waals surface area contributed by atoms with Crippen molar-refractivity contribution in [3.8, 4) is 5.75 Å². The molecule has 3 rings (SSSR count). The molecule has 21 heavy (non-hydrogen) atoms. The maximum atomic E-state index is 13.1. The van der Waals surface area contributed by atoms with E-state index >= 15 is 0 Å². The highest BCUT2D eigenvalue weighted by Gasteiger charge is 2.13. The summed E-state index contributed by atoms with van der Waals surface area (Å²) in [5.74, 6) is -0.903. The summed E-state index contributed by atoms with van der Waals surface area (Å²) in [5.41, 5.74) is 1.79. The molecule has 0 aliphatic heterocycles. The van der Waals surface area contributed by atoms with E-state index in [1.165, 1.54) is 28.9 Å². The van der Waals surface area contributed by atoms with Crippen molar-refractivity contribution >= 4 is 17.2 Å². The number of phenols is 1. The number of nitrogens with one attached hydrogen (secondary N) is 1. The molecule has 0 unspecified atom stereocenters. The summed E-state index contributed by atoms with van der Waals surface area (Å²) in [5, 5.41) is 12.3. The summed E-state index contributed by atoms with van der Waals surface area (Å²) < 4.78 is 14.5. The lowest BCUT2D eigenvalue weighted by molar-refractivity contribution is 0.102. The number of carbonyl (C=O) groups is 1. The van der Waals surface area contributed by atoms with E-state index in [0.29, 0.717) is 11.3 Å². The van der Waals surface area contributed by atoms with Crippen molar-refractivity contribution in [2.45, 2.75) is 6.92 Å². The zero-order chi connectivity index (χ0) is 15.0. The van der Waals surface area contributed by atoms with Crippen LogP contribution in [-0.4, -0.2) is 20.4 Å². The largest absolute Gasteiger partial charge is 0.506 e. The van der Waals surface area contributed by atoms with Gasteiger partial charge in [-0.25, -0.2) is 9.37 Å². The molecule has 1 aromatic carbocycles. The molecule has 0 saturated carbocycles. The molecule has 0 aliphatic carbocycles. The quantitative estimate of drug-likeness (QED) is 0.711. The number of pyridine rings is 1. The molecule has 0 spiro atoms. The Labute approximate surface area is 119 Å². The minimum absolute atomic E-state index is 0.0156. The predicted molar refractivity (Wildman–Crippen MR) is 75.9 cm³/mol. The maximum Gasteiger partial charge on any atom is 0.275 e. The van der Waals surface area contributed by atoms with Crippen LogP contribution in [0.3, 0.4) is 0 Å². The van der Waals surface area contributed by atoms with E-state index in [-0.39, 0.29) is 11.4 Å². The summed E-state index contributed by atoms with van der Waals surface area (Å²) in [6.45, 7) is 1.84. The molecule has 6 heteroatoms. The van der Waals surface area contributed by atoms with Crippen LogP contribution in [-0.2, 0) is 0 Å². The van der Waals surface area contributed by atoms with Gasteiger partial charge in [-0.1, -0.05) is 6.07 Å². The number of benzene rings is 1. The fourth-order valence-corrected chi connectivity index (χ4v) is 2.01. The van der Waals surface area contributed by atoms with Gasteiger partial charge in [0.1, 0.15) is 22.9 Å². The average Bonchev–Trinajstić information content (AvgIpc) is 2.85. The molecule has 0 radical (unpaired) electrons. The van der Waals surface area contributed by atoms with Gasteiger partial charge >= 0.3 is 0 Å². The third-order valence-electron chi connectivity index (χ3n) is 3.05. The Morgan fingerprint density at radius 1 is 1.29 bits per heavy atom. The summed E-state index contributed by atoms with van der Waals surface area (Å²) in [6.07, 6.45) is 2.67. The van der Waals surface area contributed by atoms with Crippen molar-refractivity contribution in [3.05, 3.63) is 59.8 Å². The van der Waals surface area contributed by atoms with Crippen molar-refractivity contribution in [1.29, 1.82) is 0 Å². The lowest BCUT2D eigenvalue weighted by Crippen LogP contribution is -2.12. The highest BCUT2D eigenvalue weighted by molar-refractivity contribution is 6.04. The second-order valence-corrected chi connectivity index (χ2v) is 4.71. The zero-order valence-electron chi connectivity index (χ0n) is 11.2. The lowest BCUT2D eigenvalue weighted by Gasteiger charge is -2.06. The smallest absolute Gasteiger partial charge is 0.275 e. The number of carbonyl (C=O) groups excluding carboxylic acids is 1. The SMILES string of the molecule is Cc1ccc(NC(=O)c2cn3cc(F)ccc3n2)c(O)c1.